The molecule has 10 nitrogen and oxygen atoms in total. The number of oxime groups is 1. The Labute approximate surface area is 191 Å². The number of ether oxygens (including phenoxy) is 3. The van der Waals surface area contributed by atoms with Crippen molar-refractivity contribution in [2.24, 2.45) is 5.16 Å². The van der Waals surface area contributed by atoms with Crippen molar-refractivity contribution in [1.29, 1.82) is 0 Å². The molecule has 1 aliphatic heterocycles. The molecule has 182 valence electrons. The molecular weight excluding hydrogens is 434 g/mol. The number of aliphatic hydroxyl groups is 2. The normalized spacial score (nSPS) is 25.3. The van der Waals surface area contributed by atoms with E-state index < -0.39 is 35.8 Å². The van der Waals surface area contributed by atoms with Gasteiger partial charge >= 0.3 is 5.63 Å². The minimum Gasteiger partial charge on any atom is -0.506 e. The van der Waals surface area contributed by atoms with Crippen molar-refractivity contribution in [2.75, 3.05) is 13.7 Å². The van der Waals surface area contributed by atoms with E-state index in [4.69, 9.17) is 23.5 Å². The van der Waals surface area contributed by atoms with Gasteiger partial charge in [0.1, 0.15) is 47.6 Å². The van der Waals surface area contributed by atoms with Gasteiger partial charge in [-0.3, -0.25) is 0 Å². The van der Waals surface area contributed by atoms with E-state index in [1.165, 1.54) is 13.2 Å². The Morgan fingerprint density at radius 3 is 2.52 bits per heavy atom. The zero-order valence-corrected chi connectivity index (χ0v) is 19.6. The molecule has 4 atom stereocenters. The van der Waals surface area contributed by atoms with Gasteiger partial charge in [0.25, 0.3) is 0 Å². The summed E-state index contributed by atoms with van der Waals surface area (Å²) in [4.78, 5) is 17.8. The Morgan fingerprint density at radius 2 is 1.91 bits per heavy atom. The first-order valence-electron chi connectivity index (χ1n) is 10.8. The number of hydrogen-bond acceptors (Lipinski definition) is 10. The van der Waals surface area contributed by atoms with Crippen molar-refractivity contribution in [3.8, 4) is 11.5 Å². The summed E-state index contributed by atoms with van der Waals surface area (Å²) in [5, 5.41) is 36.0. The number of nitrogens with zero attached hydrogens (tertiary/aromatic N) is 1. The van der Waals surface area contributed by atoms with Crippen LogP contribution in [0.4, 0.5) is 0 Å². The van der Waals surface area contributed by atoms with E-state index in [9.17, 15) is 20.1 Å². The van der Waals surface area contributed by atoms with E-state index in [-0.39, 0.29) is 33.7 Å². The van der Waals surface area contributed by atoms with Gasteiger partial charge in [-0.05, 0) is 46.2 Å². The van der Waals surface area contributed by atoms with Gasteiger partial charge in [0.05, 0.1) is 16.7 Å². The number of aliphatic hydroxyl groups excluding tert-OH is 2. The number of rotatable bonds is 7. The fourth-order valence-corrected chi connectivity index (χ4v) is 4.01. The maximum atomic E-state index is 12.7. The Morgan fingerprint density at radius 1 is 1.21 bits per heavy atom. The van der Waals surface area contributed by atoms with Crippen molar-refractivity contribution in [3.63, 3.8) is 0 Å². The highest BCUT2D eigenvalue weighted by atomic mass is 16.7. The standard InChI is InChI=1S/C23H31NO9/c1-7-13(24-30-8-2)15-16(25)12-9-10-14(11(3)19(12)32-21(15)28)31-22-18(27)17(26)20(29-6)23(4,5)33-22/h9-10,17-18,20,22,25-27H,7-8H2,1-6H3/b24-13-/t17-,18+,20+,22+/m0/s1. The first kappa shape index (κ1) is 25.0. The molecule has 0 aliphatic carbocycles. The maximum absolute atomic E-state index is 12.7. The molecule has 0 radical (unpaired) electrons. The molecule has 0 bridgehead atoms. The number of hydrogen-bond donors (Lipinski definition) is 3. The molecule has 2 heterocycles. The Hall–Kier alpha value is -2.66. The molecule has 1 saturated heterocycles. The van der Waals surface area contributed by atoms with Crippen LogP contribution in [-0.4, -0.2) is 65.0 Å². The molecule has 0 saturated carbocycles. The Kier molecular flexibility index (Phi) is 7.32. The van der Waals surface area contributed by atoms with Gasteiger partial charge in [-0.2, -0.15) is 0 Å². The van der Waals surface area contributed by atoms with Crippen LogP contribution in [0.3, 0.4) is 0 Å². The zero-order valence-electron chi connectivity index (χ0n) is 19.6. The van der Waals surface area contributed by atoms with Crippen molar-refractivity contribution in [2.45, 2.75) is 71.2 Å². The van der Waals surface area contributed by atoms with Gasteiger partial charge in [0.2, 0.25) is 6.29 Å². The van der Waals surface area contributed by atoms with Crippen LogP contribution in [0.1, 0.15) is 45.2 Å². The molecule has 0 spiro atoms. The van der Waals surface area contributed by atoms with Crippen LogP contribution in [0.2, 0.25) is 0 Å². The number of aryl methyl sites for hydroxylation is 1. The molecule has 0 amide bonds. The summed E-state index contributed by atoms with van der Waals surface area (Å²) in [6, 6.07) is 3.09. The largest absolute Gasteiger partial charge is 0.506 e. The van der Waals surface area contributed by atoms with Crippen LogP contribution in [0.15, 0.2) is 26.5 Å². The lowest BCUT2D eigenvalue weighted by molar-refractivity contribution is -0.306. The summed E-state index contributed by atoms with van der Waals surface area (Å²) in [5.41, 5.74) is -0.986. The van der Waals surface area contributed by atoms with E-state index in [0.29, 0.717) is 18.6 Å². The lowest BCUT2D eigenvalue weighted by Gasteiger charge is -2.46. The Bertz CT molecular complexity index is 1090. The lowest BCUT2D eigenvalue weighted by Crippen LogP contribution is -2.63. The first-order valence-corrected chi connectivity index (χ1v) is 10.8. The molecule has 1 fully saturated rings. The summed E-state index contributed by atoms with van der Waals surface area (Å²) in [7, 11) is 1.42. The predicted molar refractivity (Wildman–Crippen MR) is 120 cm³/mol. The third-order valence-electron chi connectivity index (χ3n) is 5.72. The van der Waals surface area contributed by atoms with E-state index in [2.05, 4.69) is 5.16 Å². The average molecular weight is 465 g/mol. The Balaban J connectivity index is 2.01. The van der Waals surface area contributed by atoms with Gasteiger partial charge in [0.15, 0.2) is 0 Å². The monoisotopic (exact) mass is 465 g/mol. The number of benzene rings is 1. The third-order valence-corrected chi connectivity index (χ3v) is 5.72. The van der Waals surface area contributed by atoms with Crippen LogP contribution in [-0.2, 0) is 14.3 Å². The highest BCUT2D eigenvalue weighted by Crippen LogP contribution is 2.37. The average Bonchev–Trinajstić information content (AvgIpc) is 2.76. The van der Waals surface area contributed by atoms with Crippen LogP contribution < -0.4 is 10.4 Å². The summed E-state index contributed by atoms with van der Waals surface area (Å²) < 4.78 is 22.5. The summed E-state index contributed by atoms with van der Waals surface area (Å²) in [5.74, 6) is -0.0240. The SMILES string of the molecule is CCO/N=C(/CC)c1c(O)c2ccc(O[C@@H]3OC(C)(C)[C@H](OC)[C@@H](O)[C@H]3O)c(C)c2oc1=O. The van der Waals surface area contributed by atoms with Gasteiger partial charge in [-0.15, -0.1) is 0 Å². The van der Waals surface area contributed by atoms with Crippen molar-refractivity contribution in [3.05, 3.63) is 33.7 Å². The minimum atomic E-state index is -1.39. The zero-order chi connectivity index (χ0) is 24.5. The molecule has 33 heavy (non-hydrogen) atoms. The van der Waals surface area contributed by atoms with Crippen molar-refractivity contribution >= 4 is 16.7 Å². The first-order chi connectivity index (χ1) is 15.6. The molecule has 0 unspecified atom stereocenters. The van der Waals surface area contributed by atoms with Crippen LogP contribution in [0, 0.1) is 6.92 Å². The quantitative estimate of drug-likeness (QED) is 0.319. The molecule has 2 aromatic rings. The fourth-order valence-electron chi connectivity index (χ4n) is 4.01. The van der Waals surface area contributed by atoms with Gasteiger partial charge in [-0.1, -0.05) is 12.1 Å². The highest BCUT2D eigenvalue weighted by molar-refractivity contribution is 6.06. The van der Waals surface area contributed by atoms with E-state index >= 15 is 0 Å². The molecule has 1 aromatic carbocycles. The van der Waals surface area contributed by atoms with Crippen LogP contribution in [0.25, 0.3) is 11.0 Å². The number of fused-ring (bicyclic) bond motifs is 1. The fraction of sp³-hybridized carbons (Fsp3) is 0.565. The summed E-state index contributed by atoms with van der Waals surface area (Å²) >= 11 is 0. The van der Waals surface area contributed by atoms with E-state index in [1.54, 1.807) is 40.7 Å². The van der Waals surface area contributed by atoms with Crippen LogP contribution >= 0.6 is 0 Å². The number of methoxy groups -OCH3 is 1. The second kappa shape index (κ2) is 9.68. The van der Waals surface area contributed by atoms with Crippen molar-refractivity contribution < 1.29 is 38.8 Å². The topological polar surface area (TPSA) is 140 Å². The van der Waals surface area contributed by atoms with Gasteiger partial charge in [0, 0.05) is 12.7 Å². The molecule has 1 aromatic heterocycles. The molecule has 1 aliphatic rings. The van der Waals surface area contributed by atoms with Crippen molar-refractivity contribution in [1.82, 2.24) is 0 Å². The van der Waals surface area contributed by atoms with Crippen LogP contribution in [0.5, 0.6) is 11.5 Å². The maximum Gasteiger partial charge on any atom is 0.349 e. The summed E-state index contributed by atoms with van der Waals surface area (Å²) in [6.07, 6.45) is -4.25. The molecule has 10 heteroatoms. The second-order valence-electron chi connectivity index (χ2n) is 8.33. The lowest BCUT2D eigenvalue weighted by atomic mass is 9.89. The van der Waals surface area contributed by atoms with E-state index in [0.717, 1.165) is 0 Å². The highest BCUT2D eigenvalue weighted by Gasteiger charge is 2.50. The smallest absolute Gasteiger partial charge is 0.349 e. The second-order valence-corrected chi connectivity index (χ2v) is 8.33. The third kappa shape index (κ3) is 4.56. The minimum absolute atomic E-state index is 0.0620. The molecule has 3 N–H and O–H groups in total. The predicted octanol–water partition coefficient (Wildman–Crippen LogP) is 2.21. The van der Waals surface area contributed by atoms with Gasteiger partial charge in [-0.25, -0.2) is 4.79 Å². The van der Waals surface area contributed by atoms with E-state index in [1.807, 2.05) is 0 Å². The number of aromatic hydroxyl groups is 1. The summed E-state index contributed by atoms with van der Waals surface area (Å²) in [6.45, 7) is 8.93. The molecular formula is C23H31NO9. The molecule has 3 rings (SSSR count). The van der Waals surface area contributed by atoms with Gasteiger partial charge < -0.3 is 38.8 Å².